The zero-order valence-corrected chi connectivity index (χ0v) is 12.1. The van der Waals surface area contributed by atoms with Gasteiger partial charge in [-0.3, -0.25) is 9.97 Å². The molecule has 0 atom stereocenters. The average Bonchev–Trinajstić information content (AvgIpc) is 2.63. The van der Waals surface area contributed by atoms with E-state index in [1.54, 1.807) is 24.5 Å². The van der Waals surface area contributed by atoms with Crippen molar-refractivity contribution in [3.8, 4) is 28.5 Å². The second kappa shape index (κ2) is 5.46. The summed E-state index contributed by atoms with van der Waals surface area (Å²) in [5.74, 6) is 0.0970. The van der Waals surface area contributed by atoms with E-state index in [2.05, 4.69) is 19.9 Å². The van der Waals surface area contributed by atoms with Gasteiger partial charge in [-0.25, -0.2) is 9.97 Å². The summed E-state index contributed by atoms with van der Waals surface area (Å²) in [6.07, 6.45) is 3.42. The molecule has 0 aliphatic rings. The van der Waals surface area contributed by atoms with Gasteiger partial charge < -0.3 is 5.11 Å². The molecule has 110 valence electrons. The zero-order chi connectivity index (χ0) is 15.6. The number of aromatic hydroxyl groups is 1. The molecule has 0 unspecified atom stereocenters. The summed E-state index contributed by atoms with van der Waals surface area (Å²) in [5, 5.41) is 10.1. The molecule has 3 aromatic heterocycles. The van der Waals surface area contributed by atoms with Gasteiger partial charge in [0.2, 0.25) is 0 Å². The minimum atomic E-state index is 0.0970. The Morgan fingerprint density at radius 3 is 1.91 bits per heavy atom. The first-order chi connectivity index (χ1) is 11.3. The third kappa shape index (κ3) is 2.38. The molecule has 0 aliphatic carbocycles. The first-order valence-corrected chi connectivity index (χ1v) is 7.15. The summed E-state index contributed by atoms with van der Waals surface area (Å²) in [6, 6.07) is 16.4. The van der Waals surface area contributed by atoms with E-state index in [4.69, 9.17) is 0 Å². The topological polar surface area (TPSA) is 71.8 Å². The molecule has 0 radical (unpaired) electrons. The van der Waals surface area contributed by atoms with Gasteiger partial charge in [-0.1, -0.05) is 18.2 Å². The van der Waals surface area contributed by atoms with Crippen LogP contribution in [-0.4, -0.2) is 25.0 Å². The number of hydrogen-bond acceptors (Lipinski definition) is 5. The highest BCUT2D eigenvalue weighted by molar-refractivity contribution is 5.87. The van der Waals surface area contributed by atoms with Crippen LogP contribution in [0, 0.1) is 0 Å². The van der Waals surface area contributed by atoms with Crippen molar-refractivity contribution in [2.45, 2.75) is 0 Å². The molecule has 1 aromatic carbocycles. The lowest BCUT2D eigenvalue weighted by atomic mass is 10.1. The Balaban J connectivity index is 2.07. The highest BCUT2D eigenvalue weighted by Gasteiger charge is 2.16. The second-order valence-corrected chi connectivity index (χ2v) is 5.00. The van der Waals surface area contributed by atoms with Crippen LogP contribution in [-0.2, 0) is 0 Å². The van der Waals surface area contributed by atoms with Crippen molar-refractivity contribution in [2.24, 2.45) is 0 Å². The summed E-state index contributed by atoms with van der Waals surface area (Å²) < 4.78 is 0. The van der Waals surface area contributed by atoms with Crippen molar-refractivity contribution in [3.63, 3.8) is 0 Å². The first-order valence-electron chi connectivity index (χ1n) is 7.15. The molecule has 4 aromatic rings. The molecule has 3 heterocycles. The lowest BCUT2D eigenvalue weighted by molar-refractivity contribution is 0.480. The van der Waals surface area contributed by atoms with Gasteiger partial charge in [0, 0.05) is 12.4 Å². The van der Waals surface area contributed by atoms with E-state index < -0.39 is 0 Å². The minimum Gasteiger partial charge on any atom is -0.506 e. The van der Waals surface area contributed by atoms with Crippen LogP contribution in [0.1, 0.15) is 0 Å². The third-order valence-electron chi connectivity index (χ3n) is 3.49. The van der Waals surface area contributed by atoms with Crippen molar-refractivity contribution < 1.29 is 5.11 Å². The summed E-state index contributed by atoms with van der Waals surface area (Å²) in [7, 11) is 0. The number of para-hydroxylation sites is 1. The van der Waals surface area contributed by atoms with Crippen LogP contribution in [0.25, 0.3) is 33.8 Å². The summed E-state index contributed by atoms with van der Waals surface area (Å²) >= 11 is 0. The highest BCUT2D eigenvalue weighted by atomic mass is 16.3. The lowest BCUT2D eigenvalue weighted by Gasteiger charge is -2.09. The maximum atomic E-state index is 10.1. The molecule has 0 fully saturated rings. The molecule has 23 heavy (non-hydrogen) atoms. The van der Waals surface area contributed by atoms with Gasteiger partial charge in [0.05, 0.1) is 16.9 Å². The molecule has 0 spiro atoms. The SMILES string of the molecule is Oc1cccc2nc(-c3ccccn3)c(-c3ccccn3)nc12. The number of aromatic nitrogens is 4. The smallest absolute Gasteiger partial charge is 0.143 e. The standard InChI is InChI=1S/C18H12N4O/c23-15-9-5-8-14-16(15)22-18(13-7-2-4-11-20-13)17(21-14)12-6-1-3-10-19-12/h1-11,23H. The van der Waals surface area contributed by atoms with E-state index in [0.29, 0.717) is 33.8 Å². The van der Waals surface area contributed by atoms with E-state index in [1.807, 2.05) is 42.5 Å². The van der Waals surface area contributed by atoms with Crippen molar-refractivity contribution in [2.75, 3.05) is 0 Å². The van der Waals surface area contributed by atoms with Crippen molar-refractivity contribution in [1.82, 2.24) is 19.9 Å². The van der Waals surface area contributed by atoms with Crippen LogP contribution in [0.2, 0.25) is 0 Å². The van der Waals surface area contributed by atoms with Crippen molar-refractivity contribution in [3.05, 3.63) is 67.0 Å². The predicted molar refractivity (Wildman–Crippen MR) is 87.7 cm³/mol. The fourth-order valence-electron chi connectivity index (χ4n) is 2.43. The Morgan fingerprint density at radius 1 is 0.652 bits per heavy atom. The molecule has 0 bridgehead atoms. The van der Waals surface area contributed by atoms with E-state index in [1.165, 1.54) is 0 Å². The quantitative estimate of drug-likeness (QED) is 0.614. The maximum Gasteiger partial charge on any atom is 0.143 e. The van der Waals surface area contributed by atoms with E-state index in [-0.39, 0.29) is 5.75 Å². The molecule has 0 saturated carbocycles. The van der Waals surface area contributed by atoms with Gasteiger partial charge in [-0.05, 0) is 36.4 Å². The van der Waals surface area contributed by atoms with Gasteiger partial charge >= 0.3 is 0 Å². The van der Waals surface area contributed by atoms with Crippen LogP contribution in [0.5, 0.6) is 5.75 Å². The molecule has 1 N–H and O–H groups in total. The van der Waals surface area contributed by atoms with Crippen LogP contribution in [0.4, 0.5) is 0 Å². The molecule has 5 nitrogen and oxygen atoms in total. The van der Waals surface area contributed by atoms with Crippen LogP contribution >= 0.6 is 0 Å². The molecule has 0 aliphatic heterocycles. The predicted octanol–water partition coefficient (Wildman–Crippen LogP) is 3.46. The van der Waals surface area contributed by atoms with E-state index in [9.17, 15) is 5.11 Å². The van der Waals surface area contributed by atoms with Crippen molar-refractivity contribution in [1.29, 1.82) is 0 Å². The lowest BCUT2D eigenvalue weighted by Crippen LogP contribution is -1.98. The average molecular weight is 300 g/mol. The molecule has 5 heteroatoms. The fraction of sp³-hybridized carbons (Fsp3) is 0. The number of fused-ring (bicyclic) bond motifs is 1. The Kier molecular flexibility index (Phi) is 3.16. The van der Waals surface area contributed by atoms with Crippen LogP contribution < -0.4 is 0 Å². The Morgan fingerprint density at radius 2 is 1.30 bits per heavy atom. The van der Waals surface area contributed by atoms with Gasteiger partial charge in [0.15, 0.2) is 0 Å². The molecule has 0 saturated heterocycles. The Hall–Kier alpha value is -3.34. The van der Waals surface area contributed by atoms with Crippen LogP contribution in [0.3, 0.4) is 0 Å². The van der Waals surface area contributed by atoms with E-state index in [0.717, 1.165) is 0 Å². The number of phenolic OH excluding ortho intramolecular Hbond substituents is 1. The normalized spacial score (nSPS) is 10.8. The fourth-order valence-corrected chi connectivity index (χ4v) is 2.43. The number of phenols is 1. The Labute approximate surface area is 132 Å². The summed E-state index contributed by atoms with van der Waals surface area (Å²) in [4.78, 5) is 18.0. The largest absolute Gasteiger partial charge is 0.506 e. The Bertz CT molecular complexity index is 972. The van der Waals surface area contributed by atoms with Gasteiger partial charge in [0.25, 0.3) is 0 Å². The second-order valence-electron chi connectivity index (χ2n) is 5.00. The number of rotatable bonds is 2. The molecular formula is C18H12N4O. The molecular weight excluding hydrogens is 288 g/mol. The summed E-state index contributed by atoms with van der Waals surface area (Å²) in [6.45, 7) is 0. The van der Waals surface area contributed by atoms with Gasteiger partial charge in [-0.15, -0.1) is 0 Å². The highest BCUT2D eigenvalue weighted by Crippen LogP contribution is 2.31. The van der Waals surface area contributed by atoms with Crippen molar-refractivity contribution >= 4 is 11.0 Å². The van der Waals surface area contributed by atoms with Gasteiger partial charge in [-0.2, -0.15) is 0 Å². The number of nitrogens with zero attached hydrogens (tertiary/aromatic N) is 4. The van der Waals surface area contributed by atoms with Gasteiger partial charge in [0.1, 0.15) is 22.7 Å². The monoisotopic (exact) mass is 300 g/mol. The van der Waals surface area contributed by atoms with Crippen LogP contribution in [0.15, 0.2) is 67.0 Å². The number of pyridine rings is 2. The molecule has 0 amide bonds. The maximum absolute atomic E-state index is 10.1. The molecule has 4 rings (SSSR count). The zero-order valence-electron chi connectivity index (χ0n) is 12.1. The third-order valence-corrected chi connectivity index (χ3v) is 3.49. The summed E-state index contributed by atoms with van der Waals surface area (Å²) in [5.41, 5.74) is 3.70. The number of hydrogen-bond donors (Lipinski definition) is 1. The minimum absolute atomic E-state index is 0.0970. The van der Waals surface area contributed by atoms with E-state index >= 15 is 0 Å². The number of benzene rings is 1. The first kappa shape index (κ1) is 13.3.